The van der Waals surface area contributed by atoms with E-state index in [1.165, 1.54) is 12.1 Å². The lowest BCUT2D eigenvalue weighted by molar-refractivity contribution is 0.102. The van der Waals surface area contributed by atoms with Gasteiger partial charge in [0.1, 0.15) is 11.3 Å². The van der Waals surface area contributed by atoms with E-state index in [0.29, 0.717) is 18.0 Å². The Morgan fingerprint density at radius 1 is 1.07 bits per heavy atom. The summed E-state index contributed by atoms with van der Waals surface area (Å²) in [6.45, 7) is 1.99. The highest BCUT2D eigenvalue weighted by atomic mass is 19.1. The number of anilines is 1. The molecule has 4 rings (SSSR count). The average molecular weight is 360 g/mol. The number of benzene rings is 3. The van der Waals surface area contributed by atoms with E-state index in [9.17, 15) is 9.18 Å². The second kappa shape index (κ2) is 7.03. The summed E-state index contributed by atoms with van der Waals surface area (Å²) in [5, 5.41) is 2.73. The highest BCUT2D eigenvalue weighted by molar-refractivity contribution is 6.04. The van der Waals surface area contributed by atoms with Crippen LogP contribution in [0.15, 0.2) is 71.1 Å². The van der Waals surface area contributed by atoms with Crippen LogP contribution in [-0.2, 0) is 6.42 Å². The van der Waals surface area contributed by atoms with Crippen LogP contribution in [0.25, 0.3) is 11.1 Å². The van der Waals surface area contributed by atoms with Gasteiger partial charge in [-0.25, -0.2) is 9.37 Å². The molecule has 0 aliphatic rings. The molecule has 0 spiro atoms. The average Bonchev–Trinajstić information content (AvgIpc) is 3.06. The van der Waals surface area contributed by atoms with Crippen molar-refractivity contribution >= 4 is 22.7 Å². The molecular formula is C22H17FN2O2. The normalized spacial score (nSPS) is 10.9. The van der Waals surface area contributed by atoms with Gasteiger partial charge in [-0.2, -0.15) is 0 Å². The number of carbonyl (C=O) groups is 1. The number of aryl methyl sites for hydroxylation is 1. The first-order valence-electron chi connectivity index (χ1n) is 8.60. The Kier molecular flexibility index (Phi) is 4.42. The van der Waals surface area contributed by atoms with Crippen molar-refractivity contribution in [1.82, 2.24) is 4.98 Å². The lowest BCUT2D eigenvalue weighted by Crippen LogP contribution is -2.13. The number of carbonyl (C=O) groups excluding carboxylic acids is 1. The van der Waals surface area contributed by atoms with Crippen LogP contribution in [0.2, 0.25) is 0 Å². The number of aromatic nitrogens is 1. The van der Waals surface area contributed by atoms with Gasteiger partial charge in [-0.1, -0.05) is 36.4 Å². The monoisotopic (exact) mass is 360 g/mol. The number of amides is 1. The van der Waals surface area contributed by atoms with E-state index in [2.05, 4.69) is 10.3 Å². The van der Waals surface area contributed by atoms with Crippen LogP contribution >= 0.6 is 0 Å². The molecule has 4 aromatic rings. The summed E-state index contributed by atoms with van der Waals surface area (Å²) in [6.07, 6.45) is 0.498. The molecule has 0 atom stereocenters. The maximum Gasteiger partial charge on any atom is 0.258 e. The number of nitrogens with one attached hydrogen (secondary N) is 1. The van der Waals surface area contributed by atoms with Gasteiger partial charge in [0.15, 0.2) is 11.5 Å². The number of halogens is 1. The van der Waals surface area contributed by atoms with Crippen LogP contribution in [0.3, 0.4) is 0 Å². The maximum absolute atomic E-state index is 13.8. The lowest BCUT2D eigenvalue weighted by Gasteiger charge is -2.07. The number of hydrogen-bond donors (Lipinski definition) is 1. The minimum atomic E-state index is -0.548. The van der Waals surface area contributed by atoms with Crippen molar-refractivity contribution in [3.63, 3.8) is 0 Å². The third-order valence-corrected chi connectivity index (χ3v) is 4.32. The molecule has 4 nitrogen and oxygen atoms in total. The van der Waals surface area contributed by atoms with Gasteiger partial charge >= 0.3 is 0 Å². The minimum absolute atomic E-state index is 0.0114. The van der Waals surface area contributed by atoms with Crippen LogP contribution in [0.5, 0.6) is 0 Å². The molecule has 134 valence electrons. The Hall–Kier alpha value is -3.47. The van der Waals surface area contributed by atoms with Gasteiger partial charge in [0, 0.05) is 12.1 Å². The standard InChI is InChI=1S/C22H17FN2O2/c1-14-6-4-11-19-21(14)25-20(27-19)13-15-7-5-8-16(12-15)24-22(26)17-9-2-3-10-18(17)23/h2-12H,13H2,1H3,(H,24,26). The van der Waals surface area contributed by atoms with Gasteiger partial charge in [0.25, 0.3) is 5.91 Å². The zero-order valence-corrected chi connectivity index (χ0v) is 14.7. The van der Waals surface area contributed by atoms with Crippen molar-refractivity contribution in [3.8, 4) is 0 Å². The molecule has 0 radical (unpaired) electrons. The van der Waals surface area contributed by atoms with E-state index in [4.69, 9.17) is 4.42 Å². The molecule has 0 saturated heterocycles. The van der Waals surface area contributed by atoms with Gasteiger partial charge < -0.3 is 9.73 Å². The van der Waals surface area contributed by atoms with Crippen molar-refractivity contribution in [3.05, 3.63) is 95.1 Å². The molecule has 0 saturated carbocycles. The van der Waals surface area contributed by atoms with Gasteiger partial charge in [0.2, 0.25) is 0 Å². The molecule has 0 fully saturated rings. The number of hydrogen-bond acceptors (Lipinski definition) is 3. The van der Waals surface area contributed by atoms with E-state index in [-0.39, 0.29) is 5.56 Å². The summed E-state index contributed by atoms with van der Waals surface area (Å²) in [5.74, 6) is -0.424. The number of fused-ring (bicyclic) bond motifs is 1. The fourth-order valence-electron chi connectivity index (χ4n) is 2.99. The second-order valence-corrected chi connectivity index (χ2v) is 6.34. The van der Waals surface area contributed by atoms with Crippen LogP contribution < -0.4 is 5.32 Å². The molecule has 1 aromatic heterocycles. The van der Waals surface area contributed by atoms with E-state index in [0.717, 1.165) is 22.2 Å². The summed E-state index contributed by atoms with van der Waals surface area (Å²) in [6, 6.07) is 19.1. The molecule has 1 heterocycles. The molecular weight excluding hydrogens is 343 g/mol. The van der Waals surface area contributed by atoms with Crippen molar-refractivity contribution in [1.29, 1.82) is 0 Å². The number of rotatable bonds is 4. The summed E-state index contributed by atoms with van der Waals surface area (Å²) in [7, 11) is 0. The maximum atomic E-state index is 13.8. The SMILES string of the molecule is Cc1cccc2oc(Cc3cccc(NC(=O)c4ccccc4F)c3)nc12. The third kappa shape index (κ3) is 3.58. The molecule has 3 aromatic carbocycles. The molecule has 0 aliphatic carbocycles. The Morgan fingerprint density at radius 3 is 2.70 bits per heavy atom. The zero-order valence-electron chi connectivity index (χ0n) is 14.7. The first kappa shape index (κ1) is 17.0. The van der Waals surface area contributed by atoms with E-state index in [1.807, 2.05) is 43.3 Å². The highest BCUT2D eigenvalue weighted by Gasteiger charge is 2.12. The predicted octanol–water partition coefficient (Wildman–Crippen LogP) is 5.12. The van der Waals surface area contributed by atoms with Gasteiger partial charge in [-0.05, 0) is 48.4 Å². The topological polar surface area (TPSA) is 55.1 Å². The number of nitrogens with zero attached hydrogens (tertiary/aromatic N) is 1. The first-order chi connectivity index (χ1) is 13.1. The van der Waals surface area contributed by atoms with Crippen molar-refractivity contribution in [2.45, 2.75) is 13.3 Å². The zero-order chi connectivity index (χ0) is 18.8. The fourth-order valence-corrected chi connectivity index (χ4v) is 2.99. The summed E-state index contributed by atoms with van der Waals surface area (Å²) >= 11 is 0. The molecule has 0 bridgehead atoms. The van der Waals surface area contributed by atoms with Crippen molar-refractivity contribution in [2.24, 2.45) is 0 Å². The summed E-state index contributed by atoms with van der Waals surface area (Å²) < 4.78 is 19.6. The largest absolute Gasteiger partial charge is 0.440 e. The van der Waals surface area contributed by atoms with E-state index < -0.39 is 11.7 Å². The summed E-state index contributed by atoms with van der Waals surface area (Å²) in [4.78, 5) is 16.8. The Labute approximate surface area is 155 Å². The molecule has 1 amide bonds. The molecule has 27 heavy (non-hydrogen) atoms. The Bertz CT molecular complexity index is 1130. The quantitative estimate of drug-likeness (QED) is 0.550. The third-order valence-electron chi connectivity index (χ3n) is 4.32. The Balaban J connectivity index is 1.54. The van der Waals surface area contributed by atoms with Crippen molar-refractivity contribution < 1.29 is 13.6 Å². The smallest absolute Gasteiger partial charge is 0.258 e. The predicted molar refractivity (Wildman–Crippen MR) is 102 cm³/mol. The number of oxazole rings is 1. The van der Waals surface area contributed by atoms with Gasteiger partial charge in [0.05, 0.1) is 5.56 Å². The summed E-state index contributed by atoms with van der Waals surface area (Å²) in [5.41, 5.74) is 4.22. The molecule has 1 N–H and O–H groups in total. The second-order valence-electron chi connectivity index (χ2n) is 6.34. The Morgan fingerprint density at radius 2 is 1.89 bits per heavy atom. The minimum Gasteiger partial charge on any atom is -0.440 e. The fraction of sp³-hybridized carbons (Fsp3) is 0.0909. The van der Waals surface area contributed by atoms with Gasteiger partial charge in [-0.15, -0.1) is 0 Å². The van der Waals surface area contributed by atoms with Gasteiger partial charge in [-0.3, -0.25) is 4.79 Å². The number of para-hydroxylation sites is 1. The van der Waals surface area contributed by atoms with Crippen LogP contribution in [0.1, 0.15) is 27.4 Å². The van der Waals surface area contributed by atoms with E-state index in [1.54, 1.807) is 18.2 Å². The van der Waals surface area contributed by atoms with Crippen LogP contribution in [0.4, 0.5) is 10.1 Å². The molecule has 5 heteroatoms. The van der Waals surface area contributed by atoms with Crippen LogP contribution in [-0.4, -0.2) is 10.9 Å². The van der Waals surface area contributed by atoms with Crippen molar-refractivity contribution in [2.75, 3.05) is 5.32 Å². The first-order valence-corrected chi connectivity index (χ1v) is 8.60. The lowest BCUT2D eigenvalue weighted by atomic mass is 10.1. The van der Waals surface area contributed by atoms with E-state index >= 15 is 0 Å². The molecule has 0 aliphatic heterocycles. The molecule has 0 unspecified atom stereocenters. The van der Waals surface area contributed by atoms with Crippen LogP contribution in [0, 0.1) is 12.7 Å². The highest BCUT2D eigenvalue weighted by Crippen LogP contribution is 2.22.